The highest BCUT2D eigenvalue weighted by Crippen LogP contribution is 2.28. The van der Waals surface area contributed by atoms with Gasteiger partial charge in [0.15, 0.2) is 11.1 Å². The molecule has 4 N–H and O–H groups in total. The van der Waals surface area contributed by atoms with E-state index in [9.17, 15) is 14.7 Å². The molecule has 0 bridgehead atoms. The Morgan fingerprint density at radius 2 is 2.19 bits per heavy atom. The van der Waals surface area contributed by atoms with Crippen LogP contribution in [0.5, 0.6) is 5.88 Å². The zero-order valence-corrected chi connectivity index (χ0v) is 20.9. The summed E-state index contributed by atoms with van der Waals surface area (Å²) in [5, 5.41) is 19.9. The topological polar surface area (TPSA) is 144 Å². The van der Waals surface area contributed by atoms with E-state index >= 15 is 0 Å². The standard InChI is InChI=1S/C24H28N8O3S/c1-31(2)7-3-6-25-23(34)19-9-16(13-36-19)17-10-20(26-11-14-4-5-14)32-21(28-17)15(12-27-32)8-18-22(33)30-24(35)29-18/h8-10,12-14,33H,3-7,11H2,1-2H3,(H,25,34)(H2,29,30,35). The molecule has 4 aromatic heterocycles. The number of carbonyl (C=O) groups excluding carboxylic acids is 1. The van der Waals surface area contributed by atoms with Crippen molar-refractivity contribution in [1.29, 1.82) is 0 Å². The molecule has 12 heteroatoms. The lowest BCUT2D eigenvalue weighted by Gasteiger charge is -2.09. The van der Waals surface area contributed by atoms with Gasteiger partial charge in [-0.2, -0.15) is 9.61 Å². The Morgan fingerprint density at radius 1 is 1.36 bits per heavy atom. The fraction of sp³-hybridized carbons (Fsp3) is 0.375. The van der Waals surface area contributed by atoms with Gasteiger partial charge in [0.05, 0.1) is 16.8 Å². The first-order valence-electron chi connectivity index (χ1n) is 11.8. The number of carbonyl (C=O) groups is 1. The first-order valence-corrected chi connectivity index (χ1v) is 12.7. The molecule has 1 fully saturated rings. The molecular formula is C24H28N8O3S. The zero-order chi connectivity index (χ0) is 25.2. The van der Waals surface area contributed by atoms with Crippen molar-refractivity contribution in [1.82, 2.24) is 34.8 Å². The van der Waals surface area contributed by atoms with Crippen LogP contribution in [-0.4, -0.2) is 74.2 Å². The lowest BCUT2D eigenvalue weighted by Crippen LogP contribution is -2.26. The third kappa shape index (κ3) is 5.39. The predicted molar refractivity (Wildman–Crippen MR) is 137 cm³/mol. The Balaban J connectivity index is 1.50. The number of hydrogen-bond acceptors (Lipinski definition) is 8. The third-order valence-corrected chi connectivity index (χ3v) is 6.84. The van der Waals surface area contributed by atoms with Crippen LogP contribution in [0, 0.1) is 5.92 Å². The average Bonchev–Trinajstić information content (AvgIpc) is 3.22. The number of nitrogens with one attached hydrogen (secondary N) is 3. The number of nitrogens with zero attached hydrogens (tertiary/aromatic N) is 5. The minimum absolute atomic E-state index is 0.102. The highest BCUT2D eigenvalue weighted by Gasteiger charge is 2.20. The highest BCUT2D eigenvalue weighted by molar-refractivity contribution is 7.12. The van der Waals surface area contributed by atoms with Gasteiger partial charge in [0.2, 0.25) is 5.88 Å². The molecule has 5 rings (SSSR count). The summed E-state index contributed by atoms with van der Waals surface area (Å²) in [6.45, 7) is 2.24. The molecule has 1 aliphatic carbocycles. The number of imidazole rings is 1. The zero-order valence-electron chi connectivity index (χ0n) is 20.1. The summed E-state index contributed by atoms with van der Waals surface area (Å²) in [6, 6.07) is 3.72. The maximum absolute atomic E-state index is 12.6. The van der Waals surface area contributed by atoms with Crippen LogP contribution in [-0.2, 0) is 0 Å². The quantitative estimate of drug-likeness (QED) is 0.245. The van der Waals surface area contributed by atoms with Crippen LogP contribution in [0.1, 0.15) is 34.6 Å². The van der Waals surface area contributed by atoms with Gasteiger partial charge >= 0.3 is 5.69 Å². The molecule has 11 nitrogen and oxygen atoms in total. The molecule has 0 saturated heterocycles. The molecule has 0 aromatic carbocycles. The van der Waals surface area contributed by atoms with Gasteiger partial charge < -0.3 is 20.3 Å². The Hall–Kier alpha value is -3.77. The van der Waals surface area contributed by atoms with E-state index in [0.29, 0.717) is 45.9 Å². The van der Waals surface area contributed by atoms with E-state index in [0.717, 1.165) is 18.5 Å². The number of amides is 1. The van der Waals surface area contributed by atoms with Crippen LogP contribution >= 0.6 is 11.3 Å². The number of aromatic amines is 2. The Labute approximate surface area is 210 Å². The lowest BCUT2D eigenvalue weighted by molar-refractivity contribution is 0.0956. The third-order valence-electron chi connectivity index (χ3n) is 5.91. The van der Waals surface area contributed by atoms with Gasteiger partial charge in [-0.1, -0.05) is 0 Å². The normalized spacial score (nSPS) is 14.9. The van der Waals surface area contributed by atoms with Crippen molar-refractivity contribution in [3.63, 3.8) is 0 Å². The number of rotatable bonds is 9. The predicted octanol–water partition coefficient (Wildman–Crippen LogP) is 0.720. The minimum Gasteiger partial charge on any atom is -0.493 e. The number of H-pyrrole nitrogens is 2. The second kappa shape index (κ2) is 10.1. The van der Waals surface area contributed by atoms with Crippen molar-refractivity contribution in [3.8, 4) is 17.1 Å². The summed E-state index contributed by atoms with van der Waals surface area (Å²) in [7, 11) is 4.01. The highest BCUT2D eigenvalue weighted by atomic mass is 32.1. The van der Waals surface area contributed by atoms with Gasteiger partial charge in [0, 0.05) is 35.3 Å². The van der Waals surface area contributed by atoms with Crippen LogP contribution in [0.25, 0.3) is 23.0 Å². The van der Waals surface area contributed by atoms with Crippen molar-refractivity contribution < 1.29 is 9.90 Å². The molecule has 0 radical (unpaired) electrons. The van der Waals surface area contributed by atoms with Gasteiger partial charge in [-0.3, -0.25) is 14.8 Å². The smallest absolute Gasteiger partial charge is 0.326 e. The largest absolute Gasteiger partial charge is 0.493 e. The van der Waals surface area contributed by atoms with E-state index in [1.165, 1.54) is 24.2 Å². The van der Waals surface area contributed by atoms with Gasteiger partial charge in [-0.05, 0) is 58.0 Å². The monoisotopic (exact) mass is 508 g/mol. The van der Waals surface area contributed by atoms with E-state index in [2.05, 4.69) is 25.3 Å². The molecule has 4 aromatic rings. The Morgan fingerprint density at radius 3 is 2.92 bits per heavy atom. The molecule has 0 spiro atoms. The molecular weight excluding hydrogens is 480 g/mol. The van der Waals surface area contributed by atoms with Crippen LogP contribution in [0.15, 0.2) is 33.5 Å². The molecule has 0 aliphatic heterocycles. The summed E-state index contributed by atoms with van der Waals surface area (Å²) in [6.07, 6.45) is 6.47. The van der Waals surface area contributed by atoms with Crippen LogP contribution < -0.4 is 21.7 Å². The molecule has 1 saturated carbocycles. The number of hydrogen-bond donors (Lipinski definition) is 4. The first kappa shape index (κ1) is 23.9. The van der Waals surface area contributed by atoms with E-state index in [4.69, 9.17) is 9.98 Å². The average molecular weight is 509 g/mol. The van der Waals surface area contributed by atoms with E-state index < -0.39 is 5.69 Å². The van der Waals surface area contributed by atoms with Gasteiger partial charge in [0.25, 0.3) is 5.91 Å². The molecule has 1 amide bonds. The lowest BCUT2D eigenvalue weighted by atomic mass is 10.2. The van der Waals surface area contributed by atoms with E-state index in [1.807, 2.05) is 31.6 Å². The number of fused-ring (bicyclic) bond motifs is 1. The first-order chi connectivity index (χ1) is 17.4. The SMILES string of the molecule is CN(C)CCCNC(=O)c1cc(-c2cc(=NCC3CC3)n3ncc(=Cc4[nH]c(=O)[nH]c4O)c3n2)cs1. The molecule has 0 atom stereocenters. The van der Waals surface area contributed by atoms with Gasteiger partial charge in [0.1, 0.15) is 5.69 Å². The molecule has 188 valence electrons. The molecule has 0 unspecified atom stereocenters. The minimum atomic E-state index is -0.505. The van der Waals surface area contributed by atoms with Crippen molar-refractivity contribution in [3.05, 3.63) is 55.5 Å². The maximum atomic E-state index is 12.6. The van der Waals surface area contributed by atoms with E-state index in [-0.39, 0.29) is 17.5 Å². The van der Waals surface area contributed by atoms with Gasteiger partial charge in [-0.25, -0.2) is 9.78 Å². The molecule has 4 heterocycles. The van der Waals surface area contributed by atoms with Crippen molar-refractivity contribution in [2.45, 2.75) is 19.3 Å². The van der Waals surface area contributed by atoms with Crippen molar-refractivity contribution in [2.75, 3.05) is 33.7 Å². The number of aromatic hydroxyl groups is 1. The fourth-order valence-electron chi connectivity index (χ4n) is 3.77. The number of aromatic nitrogens is 5. The van der Waals surface area contributed by atoms with Crippen LogP contribution in [0.4, 0.5) is 0 Å². The molecule has 36 heavy (non-hydrogen) atoms. The number of thiophene rings is 1. The summed E-state index contributed by atoms with van der Waals surface area (Å²) in [5.41, 5.74) is 2.41. The fourth-order valence-corrected chi connectivity index (χ4v) is 4.59. The van der Waals surface area contributed by atoms with Gasteiger partial charge in [-0.15, -0.1) is 11.3 Å². The van der Waals surface area contributed by atoms with Crippen LogP contribution in [0.2, 0.25) is 0 Å². The maximum Gasteiger partial charge on any atom is 0.326 e. The Bertz CT molecular complexity index is 1570. The van der Waals surface area contributed by atoms with Crippen LogP contribution in [0.3, 0.4) is 0 Å². The second-order valence-corrected chi connectivity index (χ2v) is 10.1. The van der Waals surface area contributed by atoms with Crippen molar-refractivity contribution in [2.24, 2.45) is 10.9 Å². The summed E-state index contributed by atoms with van der Waals surface area (Å²) >= 11 is 1.37. The second-order valence-electron chi connectivity index (χ2n) is 9.22. The summed E-state index contributed by atoms with van der Waals surface area (Å²) in [5.74, 6) is 0.243. The Kier molecular flexibility index (Phi) is 6.70. The summed E-state index contributed by atoms with van der Waals surface area (Å²) < 4.78 is 1.66. The summed E-state index contributed by atoms with van der Waals surface area (Å²) in [4.78, 5) is 41.3. The molecule has 1 aliphatic rings. The van der Waals surface area contributed by atoms with Crippen molar-refractivity contribution >= 4 is 29.0 Å². The van der Waals surface area contributed by atoms with E-state index in [1.54, 1.807) is 16.8 Å².